The molecule has 0 aliphatic heterocycles. The molecule has 0 radical (unpaired) electrons. The second kappa shape index (κ2) is 5.48. The van der Waals surface area contributed by atoms with Crippen LogP contribution in [0, 0.1) is 0 Å². The number of hydrogen-bond donors (Lipinski definition) is 0. The summed E-state index contributed by atoms with van der Waals surface area (Å²) < 4.78 is 5.43. The number of Topliss-reactive ketones (excluding diaryl/α,β-unsaturated/α-hetero) is 1. The second-order valence-corrected chi connectivity index (χ2v) is 4.03. The van der Waals surface area contributed by atoms with E-state index in [2.05, 4.69) is 0 Å². The summed E-state index contributed by atoms with van der Waals surface area (Å²) in [6.45, 7) is 2.01. The molecule has 2 rings (SSSR count). The van der Waals surface area contributed by atoms with Crippen LogP contribution in [0.4, 0.5) is 0 Å². The van der Waals surface area contributed by atoms with E-state index in [1.54, 1.807) is 6.07 Å². The molecule has 2 aromatic rings. The zero-order valence-corrected chi connectivity index (χ0v) is 9.98. The highest BCUT2D eigenvalue weighted by molar-refractivity contribution is 5.93. The third-order valence-electron chi connectivity index (χ3n) is 2.77. The van der Waals surface area contributed by atoms with E-state index in [1.807, 2.05) is 43.3 Å². The smallest absolute Gasteiger partial charge is 0.198 e. The fourth-order valence-corrected chi connectivity index (χ4v) is 1.74. The van der Waals surface area contributed by atoms with Gasteiger partial charge >= 0.3 is 0 Å². The fourth-order valence-electron chi connectivity index (χ4n) is 1.74. The minimum absolute atomic E-state index is 0.0774. The highest BCUT2D eigenvalue weighted by Crippen LogP contribution is 2.12. The van der Waals surface area contributed by atoms with Crippen LogP contribution in [0.1, 0.15) is 35.2 Å². The van der Waals surface area contributed by atoms with Crippen molar-refractivity contribution in [2.24, 2.45) is 0 Å². The van der Waals surface area contributed by atoms with E-state index in [-0.39, 0.29) is 5.78 Å². The molecule has 0 spiro atoms. The Hall–Kier alpha value is -1.83. The van der Waals surface area contributed by atoms with E-state index >= 15 is 0 Å². The third-order valence-corrected chi connectivity index (χ3v) is 2.77. The van der Waals surface area contributed by atoms with Crippen LogP contribution in [0.5, 0.6) is 0 Å². The molecule has 0 unspecified atom stereocenters. The molecule has 1 heterocycles. The maximum atomic E-state index is 11.9. The number of furan rings is 1. The van der Waals surface area contributed by atoms with Crippen LogP contribution < -0.4 is 0 Å². The number of aryl methyl sites for hydroxylation is 2. The molecule has 0 fully saturated rings. The van der Waals surface area contributed by atoms with Crippen LogP contribution in [-0.4, -0.2) is 5.78 Å². The third kappa shape index (κ3) is 3.06. The van der Waals surface area contributed by atoms with Crippen LogP contribution in [0.2, 0.25) is 0 Å². The molecule has 1 aromatic heterocycles. The standard InChI is InChI=1S/C15H16O2/c1-2-13-9-11-15(17-13)14(16)10-8-12-6-4-3-5-7-12/h3-7,9,11H,2,8,10H2,1H3. The van der Waals surface area contributed by atoms with E-state index in [4.69, 9.17) is 4.42 Å². The van der Waals surface area contributed by atoms with Gasteiger partial charge in [0, 0.05) is 12.8 Å². The summed E-state index contributed by atoms with van der Waals surface area (Å²) in [5.74, 6) is 1.43. The number of benzene rings is 1. The van der Waals surface area contributed by atoms with E-state index in [0.717, 1.165) is 18.6 Å². The molecule has 0 bridgehead atoms. The molecule has 1 aromatic carbocycles. The minimum atomic E-state index is 0.0774. The summed E-state index contributed by atoms with van der Waals surface area (Å²) in [6.07, 6.45) is 2.09. The van der Waals surface area contributed by atoms with Crippen molar-refractivity contribution in [3.63, 3.8) is 0 Å². The first-order chi connectivity index (χ1) is 8.29. The molecule has 0 atom stereocenters. The number of carbonyl (C=O) groups excluding carboxylic acids is 1. The molecule has 2 nitrogen and oxygen atoms in total. The van der Waals surface area contributed by atoms with E-state index in [0.29, 0.717) is 12.2 Å². The molecular formula is C15H16O2. The Labute approximate surface area is 101 Å². The Kier molecular flexibility index (Phi) is 3.76. The second-order valence-electron chi connectivity index (χ2n) is 4.03. The van der Waals surface area contributed by atoms with E-state index in [9.17, 15) is 4.79 Å². The number of hydrogen-bond acceptors (Lipinski definition) is 2. The van der Waals surface area contributed by atoms with Gasteiger partial charge in [-0.3, -0.25) is 4.79 Å². The number of rotatable bonds is 5. The molecule has 0 saturated heterocycles. The quantitative estimate of drug-likeness (QED) is 0.731. The number of ketones is 1. The highest BCUT2D eigenvalue weighted by atomic mass is 16.3. The predicted octanol–water partition coefficient (Wildman–Crippen LogP) is 3.66. The van der Waals surface area contributed by atoms with Crippen molar-refractivity contribution in [3.8, 4) is 0 Å². The lowest BCUT2D eigenvalue weighted by molar-refractivity contribution is 0.0954. The monoisotopic (exact) mass is 228 g/mol. The zero-order chi connectivity index (χ0) is 12.1. The van der Waals surface area contributed by atoms with Gasteiger partial charge in [0.15, 0.2) is 11.5 Å². The topological polar surface area (TPSA) is 30.2 Å². The number of carbonyl (C=O) groups is 1. The van der Waals surface area contributed by atoms with Crippen molar-refractivity contribution >= 4 is 5.78 Å². The van der Waals surface area contributed by atoms with Gasteiger partial charge in [-0.15, -0.1) is 0 Å². The summed E-state index contributed by atoms with van der Waals surface area (Å²) in [7, 11) is 0. The van der Waals surface area contributed by atoms with E-state index < -0.39 is 0 Å². The fraction of sp³-hybridized carbons (Fsp3) is 0.267. The summed E-state index contributed by atoms with van der Waals surface area (Å²) in [6, 6.07) is 13.7. The minimum Gasteiger partial charge on any atom is -0.458 e. The zero-order valence-electron chi connectivity index (χ0n) is 9.98. The van der Waals surface area contributed by atoms with Crippen molar-refractivity contribution in [2.45, 2.75) is 26.2 Å². The van der Waals surface area contributed by atoms with Gasteiger partial charge in [0.25, 0.3) is 0 Å². The molecule has 17 heavy (non-hydrogen) atoms. The first kappa shape index (κ1) is 11.6. The summed E-state index contributed by atoms with van der Waals surface area (Å²) in [4.78, 5) is 11.9. The first-order valence-electron chi connectivity index (χ1n) is 5.95. The highest BCUT2D eigenvalue weighted by Gasteiger charge is 2.10. The predicted molar refractivity (Wildman–Crippen MR) is 67.2 cm³/mol. The molecular weight excluding hydrogens is 212 g/mol. The van der Waals surface area contributed by atoms with Gasteiger partial charge in [-0.2, -0.15) is 0 Å². The van der Waals surface area contributed by atoms with E-state index in [1.165, 1.54) is 5.56 Å². The van der Waals surface area contributed by atoms with Crippen LogP contribution >= 0.6 is 0 Å². The van der Waals surface area contributed by atoms with Crippen molar-refractivity contribution in [1.82, 2.24) is 0 Å². The van der Waals surface area contributed by atoms with Gasteiger partial charge in [-0.1, -0.05) is 37.3 Å². The lowest BCUT2D eigenvalue weighted by atomic mass is 10.1. The van der Waals surface area contributed by atoms with Crippen molar-refractivity contribution in [1.29, 1.82) is 0 Å². The van der Waals surface area contributed by atoms with Crippen molar-refractivity contribution in [2.75, 3.05) is 0 Å². The molecule has 0 N–H and O–H groups in total. The average molecular weight is 228 g/mol. The Bertz CT molecular complexity index is 483. The normalized spacial score (nSPS) is 10.4. The molecule has 2 heteroatoms. The molecule has 0 amide bonds. The van der Waals surface area contributed by atoms with Crippen LogP contribution in [0.15, 0.2) is 46.9 Å². The lowest BCUT2D eigenvalue weighted by Crippen LogP contribution is -1.99. The summed E-state index contributed by atoms with van der Waals surface area (Å²) in [5.41, 5.74) is 1.18. The van der Waals surface area contributed by atoms with Crippen LogP contribution in [0.25, 0.3) is 0 Å². The largest absolute Gasteiger partial charge is 0.458 e. The Balaban J connectivity index is 1.93. The lowest BCUT2D eigenvalue weighted by Gasteiger charge is -1.99. The first-order valence-corrected chi connectivity index (χ1v) is 5.95. The van der Waals surface area contributed by atoms with Gasteiger partial charge in [0.2, 0.25) is 0 Å². The average Bonchev–Trinajstić information content (AvgIpc) is 2.86. The van der Waals surface area contributed by atoms with Gasteiger partial charge in [0.1, 0.15) is 5.76 Å². The van der Waals surface area contributed by atoms with Crippen molar-refractivity contribution < 1.29 is 9.21 Å². The van der Waals surface area contributed by atoms with Gasteiger partial charge in [-0.25, -0.2) is 0 Å². The molecule has 88 valence electrons. The molecule has 0 aliphatic carbocycles. The SMILES string of the molecule is CCc1ccc(C(=O)CCc2ccccc2)o1. The van der Waals surface area contributed by atoms with Gasteiger partial charge < -0.3 is 4.42 Å². The molecule has 0 aliphatic rings. The molecule has 0 saturated carbocycles. The summed E-state index contributed by atoms with van der Waals surface area (Å²) in [5, 5.41) is 0. The van der Waals surface area contributed by atoms with Crippen LogP contribution in [0.3, 0.4) is 0 Å². The maximum absolute atomic E-state index is 11.9. The Morgan fingerprint density at radius 2 is 1.88 bits per heavy atom. The van der Waals surface area contributed by atoms with Gasteiger partial charge in [0.05, 0.1) is 0 Å². The summed E-state index contributed by atoms with van der Waals surface area (Å²) >= 11 is 0. The van der Waals surface area contributed by atoms with Gasteiger partial charge in [-0.05, 0) is 24.1 Å². The van der Waals surface area contributed by atoms with Crippen LogP contribution in [-0.2, 0) is 12.8 Å². The Morgan fingerprint density at radius 1 is 1.12 bits per heavy atom. The maximum Gasteiger partial charge on any atom is 0.198 e. The van der Waals surface area contributed by atoms with Crippen molar-refractivity contribution in [3.05, 3.63) is 59.5 Å². The Morgan fingerprint density at radius 3 is 2.53 bits per heavy atom.